The smallest absolute Gasteiger partial charge is 0.147 e. The van der Waals surface area contributed by atoms with Gasteiger partial charge in [-0.3, -0.25) is 4.57 Å². The average Bonchev–Trinajstić information content (AvgIpc) is 3.32. The molecular formula is C31H21N3S. The molecule has 0 saturated heterocycles. The Hall–Kier alpha value is -4.28. The molecule has 1 aliphatic rings. The van der Waals surface area contributed by atoms with Crippen LogP contribution in [0.5, 0.6) is 0 Å². The third kappa shape index (κ3) is 3.26. The van der Waals surface area contributed by atoms with Crippen LogP contribution < -0.4 is 4.90 Å². The van der Waals surface area contributed by atoms with Crippen LogP contribution in [0.25, 0.3) is 28.1 Å². The molecule has 0 bridgehead atoms. The summed E-state index contributed by atoms with van der Waals surface area (Å²) in [6.45, 7) is 0. The molecule has 4 heteroatoms. The standard InChI is InChI=1S/C31H21N3S/c1-2-12-22(13-3-1)33-26-17-7-5-15-24(26)32-31(33)23-14-4-6-16-25(23)34-27-18-8-10-20-29(27)35-30-21-11-9-19-28(30)34/h1-21H. The first-order valence-electron chi connectivity index (χ1n) is 11.7. The normalized spacial score (nSPS) is 12.4. The maximum absolute atomic E-state index is 5.16. The Kier molecular flexibility index (Phi) is 4.71. The van der Waals surface area contributed by atoms with Crippen molar-refractivity contribution in [2.24, 2.45) is 0 Å². The van der Waals surface area contributed by atoms with Crippen LogP contribution in [0.4, 0.5) is 17.1 Å². The van der Waals surface area contributed by atoms with Gasteiger partial charge in [-0.2, -0.15) is 0 Å². The number of imidazole rings is 1. The predicted octanol–water partition coefficient (Wildman–Crippen LogP) is 8.63. The van der Waals surface area contributed by atoms with E-state index in [1.165, 1.54) is 21.2 Å². The number of hydrogen-bond donors (Lipinski definition) is 0. The molecule has 0 N–H and O–H groups in total. The Morgan fingerprint density at radius 2 is 1.09 bits per heavy atom. The van der Waals surface area contributed by atoms with Crippen LogP contribution in [0.1, 0.15) is 0 Å². The topological polar surface area (TPSA) is 21.1 Å². The lowest BCUT2D eigenvalue weighted by Crippen LogP contribution is -2.16. The highest BCUT2D eigenvalue weighted by atomic mass is 32.2. The first-order valence-corrected chi connectivity index (χ1v) is 12.5. The highest BCUT2D eigenvalue weighted by Gasteiger charge is 2.27. The van der Waals surface area contributed by atoms with Gasteiger partial charge in [0.25, 0.3) is 0 Å². The first-order chi connectivity index (χ1) is 17.4. The number of hydrogen-bond acceptors (Lipinski definition) is 3. The third-order valence-corrected chi connectivity index (χ3v) is 7.52. The van der Waals surface area contributed by atoms with E-state index in [1.54, 1.807) is 0 Å². The summed E-state index contributed by atoms with van der Waals surface area (Å²) in [5.41, 5.74) is 7.75. The highest BCUT2D eigenvalue weighted by Crippen LogP contribution is 2.52. The zero-order chi connectivity index (χ0) is 23.2. The third-order valence-electron chi connectivity index (χ3n) is 6.39. The molecule has 5 aromatic carbocycles. The molecule has 0 atom stereocenters. The molecule has 0 radical (unpaired) electrons. The summed E-state index contributed by atoms with van der Waals surface area (Å²) in [5.74, 6) is 0.932. The predicted molar refractivity (Wildman–Crippen MR) is 145 cm³/mol. The van der Waals surface area contributed by atoms with Crippen molar-refractivity contribution in [1.82, 2.24) is 9.55 Å². The number of anilines is 3. The van der Waals surface area contributed by atoms with E-state index >= 15 is 0 Å². The van der Waals surface area contributed by atoms with Crippen LogP contribution in [0.2, 0.25) is 0 Å². The second-order valence-corrected chi connectivity index (χ2v) is 9.57. The molecule has 0 amide bonds. The van der Waals surface area contributed by atoms with Gasteiger partial charge in [0.1, 0.15) is 5.82 Å². The molecule has 7 rings (SSSR count). The lowest BCUT2D eigenvalue weighted by molar-refractivity contribution is 1.09. The van der Waals surface area contributed by atoms with Crippen LogP contribution in [-0.4, -0.2) is 9.55 Å². The van der Waals surface area contributed by atoms with Gasteiger partial charge in [0, 0.05) is 21.0 Å². The van der Waals surface area contributed by atoms with Gasteiger partial charge in [0.05, 0.1) is 28.1 Å². The van der Waals surface area contributed by atoms with Gasteiger partial charge in [0.2, 0.25) is 0 Å². The summed E-state index contributed by atoms with van der Waals surface area (Å²) >= 11 is 1.82. The number of fused-ring (bicyclic) bond motifs is 3. The van der Waals surface area contributed by atoms with Crippen LogP contribution in [-0.2, 0) is 0 Å². The number of benzene rings is 5. The van der Waals surface area contributed by atoms with E-state index in [4.69, 9.17) is 4.98 Å². The van der Waals surface area contributed by atoms with Crippen LogP contribution in [0.3, 0.4) is 0 Å². The number of rotatable bonds is 3. The van der Waals surface area contributed by atoms with Gasteiger partial charge in [-0.1, -0.05) is 78.5 Å². The van der Waals surface area contributed by atoms with Crippen molar-refractivity contribution in [3.05, 3.63) is 127 Å². The van der Waals surface area contributed by atoms with Crippen LogP contribution in [0.15, 0.2) is 137 Å². The summed E-state index contributed by atoms with van der Waals surface area (Å²) < 4.78 is 2.27. The molecule has 35 heavy (non-hydrogen) atoms. The largest absolute Gasteiger partial charge is 0.307 e. The van der Waals surface area contributed by atoms with Gasteiger partial charge in [0.15, 0.2) is 0 Å². The SMILES string of the molecule is c1ccc(-n2c(-c3ccccc3N3c4ccccc4Sc4ccccc43)nc3ccccc32)cc1. The summed E-state index contributed by atoms with van der Waals surface area (Å²) in [4.78, 5) is 10.0. The van der Waals surface area contributed by atoms with Gasteiger partial charge < -0.3 is 4.90 Å². The van der Waals surface area contributed by atoms with Crippen molar-refractivity contribution < 1.29 is 0 Å². The second-order valence-electron chi connectivity index (χ2n) is 8.49. The molecule has 0 aliphatic carbocycles. The second kappa shape index (κ2) is 8.19. The van der Waals surface area contributed by atoms with Gasteiger partial charge in [-0.25, -0.2) is 4.98 Å². The fraction of sp³-hybridized carbons (Fsp3) is 0. The summed E-state index contributed by atoms with van der Waals surface area (Å²) in [6, 6.07) is 44.7. The van der Waals surface area contributed by atoms with E-state index in [0.717, 1.165) is 33.8 Å². The molecule has 6 aromatic rings. The maximum Gasteiger partial charge on any atom is 0.147 e. The molecule has 0 fully saturated rings. The Labute approximate surface area is 208 Å². The van der Waals surface area contributed by atoms with E-state index < -0.39 is 0 Å². The zero-order valence-electron chi connectivity index (χ0n) is 18.9. The fourth-order valence-electron chi connectivity index (χ4n) is 4.87. The zero-order valence-corrected chi connectivity index (χ0v) is 19.7. The van der Waals surface area contributed by atoms with Crippen molar-refractivity contribution in [2.75, 3.05) is 4.90 Å². The molecule has 1 aromatic heterocycles. The van der Waals surface area contributed by atoms with Crippen LogP contribution in [0, 0.1) is 0 Å². The van der Waals surface area contributed by atoms with Gasteiger partial charge in [-0.05, 0) is 60.7 Å². The van der Waals surface area contributed by atoms with E-state index in [9.17, 15) is 0 Å². The van der Waals surface area contributed by atoms with Crippen molar-refractivity contribution in [1.29, 1.82) is 0 Å². The molecular weight excluding hydrogens is 446 g/mol. The lowest BCUT2D eigenvalue weighted by atomic mass is 10.1. The maximum atomic E-state index is 5.16. The molecule has 0 spiro atoms. The fourth-order valence-corrected chi connectivity index (χ4v) is 5.92. The monoisotopic (exact) mass is 467 g/mol. The number of aromatic nitrogens is 2. The van der Waals surface area contributed by atoms with E-state index in [0.29, 0.717) is 0 Å². The average molecular weight is 468 g/mol. The van der Waals surface area contributed by atoms with E-state index in [-0.39, 0.29) is 0 Å². The van der Waals surface area contributed by atoms with Gasteiger partial charge >= 0.3 is 0 Å². The Morgan fingerprint density at radius 3 is 1.83 bits per heavy atom. The molecule has 0 unspecified atom stereocenters. The van der Waals surface area contributed by atoms with E-state index in [1.807, 2.05) is 11.8 Å². The first kappa shape index (κ1) is 20.1. The molecule has 2 heterocycles. The lowest BCUT2D eigenvalue weighted by Gasteiger charge is -2.34. The number of para-hydroxylation sites is 6. The van der Waals surface area contributed by atoms with E-state index in [2.05, 4.69) is 137 Å². The van der Waals surface area contributed by atoms with Crippen molar-refractivity contribution in [3.8, 4) is 17.1 Å². The quantitative estimate of drug-likeness (QED) is 0.259. The van der Waals surface area contributed by atoms with Crippen molar-refractivity contribution in [2.45, 2.75) is 9.79 Å². The van der Waals surface area contributed by atoms with Crippen molar-refractivity contribution >= 4 is 39.9 Å². The van der Waals surface area contributed by atoms with Crippen LogP contribution >= 0.6 is 11.8 Å². The Bertz CT molecular complexity index is 1640. The minimum absolute atomic E-state index is 0.932. The van der Waals surface area contributed by atoms with Crippen molar-refractivity contribution in [3.63, 3.8) is 0 Å². The highest BCUT2D eigenvalue weighted by molar-refractivity contribution is 7.99. The molecule has 3 nitrogen and oxygen atoms in total. The summed E-state index contributed by atoms with van der Waals surface area (Å²) in [7, 11) is 0. The summed E-state index contributed by atoms with van der Waals surface area (Å²) in [5, 5.41) is 0. The minimum atomic E-state index is 0.932. The Morgan fingerprint density at radius 1 is 0.514 bits per heavy atom. The minimum Gasteiger partial charge on any atom is -0.307 e. The molecule has 166 valence electrons. The Balaban J connectivity index is 1.53. The number of nitrogens with zero attached hydrogens (tertiary/aromatic N) is 3. The van der Waals surface area contributed by atoms with Gasteiger partial charge in [-0.15, -0.1) is 0 Å². The summed E-state index contributed by atoms with van der Waals surface area (Å²) in [6.07, 6.45) is 0. The molecule has 0 saturated carbocycles. The molecule has 1 aliphatic heterocycles.